The fraction of sp³-hybridized carbons (Fsp3) is 0.478. The summed E-state index contributed by atoms with van der Waals surface area (Å²) in [5, 5.41) is 12.5. The summed E-state index contributed by atoms with van der Waals surface area (Å²) >= 11 is 2.13. The maximum absolute atomic E-state index is 16.2. The maximum Gasteiger partial charge on any atom is 0.161 e. The average molecular weight is 528 g/mol. The van der Waals surface area contributed by atoms with E-state index in [1.54, 1.807) is 7.11 Å². The molecule has 4 atom stereocenters. The zero-order chi connectivity index (χ0) is 21.3. The molecule has 1 saturated heterocycles. The van der Waals surface area contributed by atoms with Gasteiger partial charge in [0.1, 0.15) is 11.3 Å². The summed E-state index contributed by atoms with van der Waals surface area (Å²) in [4.78, 5) is 0. The zero-order valence-electron chi connectivity index (χ0n) is 17.4. The van der Waals surface area contributed by atoms with Crippen molar-refractivity contribution in [1.82, 2.24) is 0 Å². The topological polar surface area (TPSA) is 38.7 Å². The van der Waals surface area contributed by atoms with Crippen molar-refractivity contribution in [2.24, 2.45) is 0 Å². The van der Waals surface area contributed by atoms with E-state index in [1.807, 2.05) is 60.7 Å². The Balaban J connectivity index is 2.38. The molecule has 2 aromatic carbocycles. The van der Waals surface area contributed by atoms with Gasteiger partial charge in [0.25, 0.3) is 0 Å². The van der Waals surface area contributed by atoms with E-state index >= 15 is 4.39 Å². The molecular weight excluding hydrogens is 498 g/mol. The van der Waals surface area contributed by atoms with Crippen molar-refractivity contribution in [3.63, 3.8) is 0 Å². The van der Waals surface area contributed by atoms with Crippen LogP contribution in [0.4, 0.5) is 4.39 Å². The van der Waals surface area contributed by atoms with E-state index in [2.05, 4.69) is 43.4 Å². The molecule has 29 heavy (non-hydrogen) atoms. The lowest BCUT2D eigenvalue weighted by atomic mass is 10.0. The van der Waals surface area contributed by atoms with Gasteiger partial charge in [0, 0.05) is 18.0 Å². The van der Waals surface area contributed by atoms with Gasteiger partial charge in [0.2, 0.25) is 0 Å². The maximum atomic E-state index is 16.2. The smallest absolute Gasteiger partial charge is 0.161 e. The Labute approximate surface area is 187 Å². The predicted octanol–water partition coefficient (Wildman–Crippen LogP) is 3.85. The molecule has 3 rings (SSSR count). The first-order valence-electron chi connectivity index (χ1n) is 9.94. The van der Waals surface area contributed by atoms with Gasteiger partial charge >= 0.3 is 0 Å². The highest BCUT2D eigenvalue weighted by molar-refractivity contribution is 14.1. The lowest BCUT2D eigenvalue weighted by Crippen LogP contribution is -2.83. The van der Waals surface area contributed by atoms with Crippen LogP contribution in [0.15, 0.2) is 60.7 Å². The second kappa shape index (κ2) is 8.75. The van der Waals surface area contributed by atoms with Crippen LogP contribution >= 0.6 is 22.6 Å². The second-order valence-corrected chi connectivity index (χ2v) is 14.7. The third-order valence-electron chi connectivity index (χ3n) is 6.19. The quantitative estimate of drug-likeness (QED) is 0.364. The fourth-order valence-corrected chi connectivity index (χ4v) is 12.6. The van der Waals surface area contributed by atoms with Crippen molar-refractivity contribution in [3.05, 3.63) is 60.7 Å². The van der Waals surface area contributed by atoms with Crippen molar-refractivity contribution >= 4 is 41.0 Å². The molecule has 0 aromatic heterocycles. The molecule has 0 spiro atoms. The molecular formula is C23H30FIO3Si. The Morgan fingerprint density at radius 3 is 1.97 bits per heavy atom. The lowest BCUT2D eigenvalue weighted by Gasteiger charge is -2.58. The number of hydrogen-bond acceptors (Lipinski definition) is 3. The summed E-state index contributed by atoms with van der Waals surface area (Å²) in [5.41, 5.74) is 0. The monoisotopic (exact) mass is 528 g/mol. The number of aliphatic hydroxyl groups is 1. The molecule has 1 N–H and O–H groups in total. The minimum atomic E-state index is -3.13. The van der Waals surface area contributed by atoms with E-state index in [1.165, 1.54) is 0 Å². The predicted molar refractivity (Wildman–Crippen MR) is 127 cm³/mol. The normalized spacial score (nSPS) is 28.3. The van der Waals surface area contributed by atoms with E-state index < -0.39 is 31.9 Å². The molecule has 158 valence electrons. The Morgan fingerprint density at radius 2 is 1.59 bits per heavy atom. The van der Waals surface area contributed by atoms with Crippen LogP contribution < -0.4 is 10.4 Å². The van der Waals surface area contributed by atoms with E-state index in [-0.39, 0.29) is 11.5 Å². The molecule has 1 aliphatic rings. The number of benzene rings is 2. The molecule has 1 heterocycles. The second-order valence-electron chi connectivity index (χ2n) is 8.76. The van der Waals surface area contributed by atoms with Crippen molar-refractivity contribution in [1.29, 1.82) is 0 Å². The van der Waals surface area contributed by atoms with Crippen LogP contribution in [0.1, 0.15) is 27.2 Å². The van der Waals surface area contributed by atoms with Crippen molar-refractivity contribution in [2.45, 2.75) is 56.0 Å². The van der Waals surface area contributed by atoms with Gasteiger partial charge in [0.05, 0.1) is 0 Å². The van der Waals surface area contributed by atoms with Crippen LogP contribution in [-0.4, -0.2) is 48.5 Å². The van der Waals surface area contributed by atoms with Crippen LogP contribution in [0.3, 0.4) is 0 Å². The Kier molecular flexibility index (Phi) is 6.90. The zero-order valence-corrected chi connectivity index (χ0v) is 20.6. The van der Waals surface area contributed by atoms with Gasteiger partial charge in [0.15, 0.2) is 20.5 Å². The SMILES string of the molecule is COC1CC(O)([Si](c2ccccc2)(c2ccccc2)C(C)(C)C)C(F)C(CI)O1. The Bertz CT molecular complexity index is 759. The fourth-order valence-electron chi connectivity index (χ4n) is 5.16. The molecule has 1 aliphatic heterocycles. The van der Waals surface area contributed by atoms with E-state index in [9.17, 15) is 5.11 Å². The summed E-state index contributed by atoms with van der Waals surface area (Å²) in [6, 6.07) is 20.0. The summed E-state index contributed by atoms with van der Waals surface area (Å²) in [6.07, 6.45) is -2.78. The van der Waals surface area contributed by atoms with E-state index in [0.717, 1.165) is 10.4 Å². The van der Waals surface area contributed by atoms with Gasteiger partial charge in [-0.2, -0.15) is 0 Å². The molecule has 2 aromatic rings. The summed E-state index contributed by atoms with van der Waals surface area (Å²) in [5.74, 6) is 0. The van der Waals surface area contributed by atoms with Crippen LogP contribution in [0.2, 0.25) is 5.04 Å². The summed E-state index contributed by atoms with van der Waals surface area (Å²) < 4.78 is 28.0. The van der Waals surface area contributed by atoms with Gasteiger partial charge in [-0.25, -0.2) is 4.39 Å². The van der Waals surface area contributed by atoms with E-state index in [0.29, 0.717) is 4.43 Å². The molecule has 0 bridgehead atoms. The van der Waals surface area contributed by atoms with Gasteiger partial charge in [-0.3, -0.25) is 0 Å². The van der Waals surface area contributed by atoms with Crippen LogP contribution in [0.5, 0.6) is 0 Å². The molecule has 6 heteroatoms. The van der Waals surface area contributed by atoms with Gasteiger partial charge in [-0.1, -0.05) is 114 Å². The molecule has 0 saturated carbocycles. The van der Waals surface area contributed by atoms with Crippen molar-refractivity contribution in [2.75, 3.05) is 11.5 Å². The molecule has 0 radical (unpaired) electrons. The summed E-state index contributed by atoms with van der Waals surface area (Å²) in [6.45, 7) is 6.38. The van der Waals surface area contributed by atoms with Crippen LogP contribution in [0.25, 0.3) is 0 Å². The number of ether oxygens (including phenoxy) is 2. The van der Waals surface area contributed by atoms with Gasteiger partial charge in [-0.05, 0) is 5.04 Å². The lowest BCUT2D eigenvalue weighted by molar-refractivity contribution is -0.234. The minimum Gasteiger partial charge on any atom is -0.389 e. The highest BCUT2D eigenvalue weighted by Crippen LogP contribution is 2.49. The van der Waals surface area contributed by atoms with Crippen molar-refractivity contribution < 1.29 is 19.0 Å². The Hall–Kier alpha value is -0.803. The molecule has 0 amide bonds. The van der Waals surface area contributed by atoms with Gasteiger partial charge < -0.3 is 14.6 Å². The third kappa shape index (κ3) is 3.71. The highest BCUT2D eigenvalue weighted by Gasteiger charge is 2.68. The largest absolute Gasteiger partial charge is 0.389 e. The number of rotatable bonds is 5. The van der Waals surface area contributed by atoms with Crippen LogP contribution in [0, 0.1) is 0 Å². The van der Waals surface area contributed by atoms with Gasteiger partial charge in [-0.15, -0.1) is 0 Å². The number of halogens is 2. The minimum absolute atomic E-state index is 0.102. The molecule has 1 fully saturated rings. The number of hydrogen-bond donors (Lipinski definition) is 1. The molecule has 3 nitrogen and oxygen atoms in total. The van der Waals surface area contributed by atoms with E-state index in [4.69, 9.17) is 9.47 Å². The first-order chi connectivity index (χ1) is 13.7. The Morgan fingerprint density at radius 1 is 1.10 bits per heavy atom. The highest BCUT2D eigenvalue weighted by atomic mass is 127. The standard InChI is InChI=1S/C23H30FIO3Si/c1-22(2,3)29(17-11-7-5-8-12-17,18-13-9-6-10-14-18)23(26)15-20(27-4)28-19(16-25)21(23)24/h5-14,19-21,26H,15-16H2,1-4H3. The molecule has 4 unspecified atom stereocenters. The average Bonchev–Trinajstić information content (AvgIpc) is 2.71. The molecule has 0 aliphatic carbocycles. The summed E-state index contributed by atoms with van der Waals surface area (Å²) in [7, 11) is -1.58. The first-order valence-corrected chi connectivity index (χ1v) is 13.5. The number of alkyl halides is 2. The van der Waals surface area contributed by atoms with Crippen LogP contribution in [-0.2, 0) is 9.47 Å². The first kappa shape index (κ1) is 22.9. The van der Waals surface area contributed by atoms with Crippen molar-refractivity contribution in [3.8, 4) is 0 Å². The third-order valence-corrected chi connectivity index (χ3v) is 13.5. The number of methoxy groups -OCH3 is 1.